The molecule has 6 heteroatoms. The Morgan fingerprint density at radius 3 is 2.42 bits per heavy atom. The van der Waals surface area contributed by atoms with E-state index < -0.39 is 0 Å². The van der Waals surface area contributed by atoms with E-state index in [1.807, 2.05) is 25.1 Å². The Bertz CT molecular complexity index is 735. The standard InChI is InChI=1S/C20H24Cl3NO2/c1-4-25-19-8-14(11-24-10-13(2)3)7-18(23)20(19)26-12-15-5-6-16(21)9-17(15)22/h5-9,13,24H,4,10-12H2,1-3H3. The second-order valence-corrected chi connectivity index (χ2v) is 7.64. The second-order valence-electron chi connectivity index (χ2n) is 6.39. The summed E-state index contributed by atoms with van der Waals surface area (Å²) in [6.07, 6.45) is 0. The van der Waals surface area contributed by atoms with Gasteiger partial charge >= 0.3 is 0 Å². The van der Waals surface area contributed by atoms with Crippen LogP contribution in [0.4, 0.5) is 0 Å². The van der Waals surface area contributed by atoms with Crippen LogP contribution in [0, 0.1) is 5.92 Å². The molecule has 3 nitrogen and oxygen atoms in total. The van der Waals surface area contributed by atoms with Crippen LogP contribution in [0.3, 0.4) is 0 Å². The predicted molar refractivity (Wildman–Crippen MR) is 110 cm³/mol. The van der Waals surface area contributed by atoms with Gasteiger partial charge in [-0.3, -0.25) is 0 Å². The van der Waals surface area contributed by atoms with Gasteiger partial charge in [-0.15, -0.1) is 0 Å². The lowest BCUT2D eigenvalue weighted by atomic mass is 10.1. The van der Waals surface area contributed by atoms with Gasteiger partial charge in [0.1, 0.15) is 6.61 Å². The molecule has 0 unspecified atom stereocenters. The van der Waals surface area contributed by atoms with Crippen LogP contribution in [0.5, 0.6) is 11.5 Å². The summed E-state index contributed by atoms with van der Waals surface area (Å²) in [5.74, 6) is 1.74. The van der Waals surface area contributed by atoms with Crippen LogP contribution < -0.4 is 14.8 Å². The average Bonchev–Trinajstić information content (AvgIpc) is 2.55. The Labute approximate surface area is 170 Å². The van der Waals surface area contributed by atoms with E-state index >= 15 is 0 Å². The molecule has 0 spiro atoms. The van der Waals surface area contributed by atoms with Gasteiger partial charge in [-0.25, -0.2) is 0 Å². The van der Waals surface area contributed by atoms with Crippen LogP contribution in [0.1, 0.15) is 31.9 Å². The van der Waals surface area contributed by atoms with Crippen molar-refractivity contribution < 1.29 is 9.47 Å². The van der Waals surface area contributed by atoms with Gasteiger partial charge in [-0.05, 0) is 49.2 Å². The number of hydrogen-bond donors (Lipinski definition) is 1. The molecule has 0 amide bonds. The van der Waals surface area contributed by atoms with Crippen molar-refractivity contribution in [2.75, 3.05) is 13.2 Å². The molecular formula is C20H24Cl3NO2. The maximum Gasteiger partial charge on any atom is 0.180 e. The molecule has 0 aliphatic carbocycles. The van der Waals surface area contributed by atoms with Gasteiger partial charge in [0.25, 0.3) is 0 Å². The molecule has 0 heterocycles. The first-order valence-corrected chi connectivity index (χ1v) is 9.76. The first-order chi connectivity index (χ1) is 12.4. The fourth-order valence-corrected chi connectivity index (χ4v) is 3.17. The maximum atomic E-state index is 6.46. The summed E-state index contributed by atoms with van der Waals surface area (Å²) in [4.78, 5) is 0. The van der Waals surface area contributed by atoms with Crippen LogP contribution in [-0.2, 0) is 13.2 Å². The SMILES string of the molecule is CCOc1cc(CNCC(C)C)cc(Cl)c1OCc1ccc(Cl)cc1Cl. The van der Waals surface area contributed by atoms with Gasteiger partial charge in [0.2, 0.25) is 0 Å². The Kier molecular flexibility index (Phi) is 8.36. The predicted octanol–water partition coefficient (Wildman–Crippen LogP) is 6.37. The highest BCUT2D eigenvalue weighted by Gasteiger charge is 2.14. The lowest BCUT2D eigenvalue weighted by Crippen LogP contribution is -2.19. The van der Waals surface area contributed by atoms with E-state index in [4.69, 9.17) is 44.3 Å². The fourth-order valence-electron chi connectivity index (χ4n) is 2.42. The van der Waals surface area contributed by atoms with Crippen LogP contribution in [0.2, 0.25) is 15.1 Å². The summed E-state index contributed by atoms with van der Waals surface area (Å²) < 4.78 is 11.7. The third-order valence-corrected chi connectivity index (χ3v) is 4.51. The Morgan fingerprint density at radius 2 is 1.77 bits per heavy atom. The zero-order valence-electron chi connectivity index (χ0n) is 15.2. The van der Waals surface area contributed by atoms with Gasteiger partial charge in [0.15, 0.2) is 11.5 Å². The highest BCUT2D eigenvalue weighted by atomic mass is 35.5. The first kappa shape index (κ1) is 21.2. The molecule has 0 saturated heterocycles. The number of benzene rings is 2. The molecule has 142 valence electrons. The monoisotopic (exact) mass is 415 g/mol. The summed E-state index contributed by atoms with van der Waals surface area (Å²) in [6, 6.07) is 9.16. The summed E-state index contributed by atoms with van der Waals surface area (Å²) in [7, 11) is 0. The van der Waals surface area contributed by atoms with Gasteiger partial charge in [-0.1, -0.05) is 54.7 Å². The van der Waals surface area contributed by atoms with Crippen molar-refractivity contribution in [3.05, 3.63) is 56.5 Å². The van der Waals surface area contributed by atoms with Crippen molar-refractivity contribution in [3.63, 3.8) is 0 Å². The summed E-state index contributed by atoms with van der Waals surface area (Å²) in [5.41, 5.74) is 1.88. The summed E-state index contributed by atoms with van der Waals surface area (Å²) in [5, 5.41) is 5.06. The summed E-state index contributed by atoms with van der Waals surface area (Å²) in [6.45, 7) is 8.74. The lowest BCUT2D eigenvalue weighted by molar-refractivity contribution is 0.269. The Balaban J connectivity index is 2.15. The van der Waals surface area contributed by atoms with E-state index in [2.05, 4.69) is 19.2 Å². The first-order valence-electron chi connectivity index (χ1n) is 8.63. The van der Waals surface area contributed by atoms with E-state index in [1.165, 1.54) is 0 Å². The van der Waals surface area contributed by atoms with Crippen LogP contribution >= 0.6 is 34.8 Å². The van der Waals surface area contributed by atoms with Crippen molar-refractivity contribution in [3.8, 4) is 11.5 Å². The van der Waals surface area contributed by atoms with Gasteiger partial charge in [0.05, 0.1) is 11.6 Å². The van der Waals surface area contributed by atoms with Crippen molar-refractivity contribution in [2.24, 2.45) is 5.92 Å². The maximum absolute atomic E-state index is 6.46. The molecule has 1 N–H and O–H groups in total. The van der Waals surface area contributed by atoms with E-state index in [0.29, 0.717) is 39.1 Å². The second kappa shape index (κ2) is 10.3. The normalized spacial score (nSPS) is 11.0. The van der Waals surface area contributed by atoms with E-state index in [1.54, 1.807) is 12.1 Å². The fraction of sp³-hybridized carbons (Fsp3) is 0.400. The van der Waals surface area contributed by atoms with E-state index in [9.17, 15) is 0 Å². The molecule has 0 bridgehead atoms. The minimum atomic E-state index is 0.279. The highest BCUT2D eigenvalue weighted by molar-refractivity contribution is 6.35. The number of hydrogen-bond acceptors (Lipinski definition) is 3. The zero-order valence-corrected chi connectivity index (χ0v) is 17.5. The molecule has 0 aromatic heterocycles. The highest BCUT2D eigenvalue weighted by Crippen LogP contribution is 2.37. The van der Waals surface area contributed by atoms with E-state index in [0.717, 1.165) is 24.2 Å². The van der Waals surface area contributed by atoms with Crippen LogP contribution in [-0.4, -0.2) is 13.2 Å². The molecule has 2 rings (SSSR count). The third-order valence-electron chi connectivity index (χ3n) is 3.64. The largest absolute Gasteiger partial charge is 0.490 e. The molecule has 0 radical (unpaired) electrons. The molecule has 0 saturated carbocycles. The Hall–Kier alpha value is -1.13. The molecular weight excluding hydrogens is 393 g/mol. The molecule has 0 aliphatic heterocycles. The average molecular weight is 417 g/mol. The van der Waals surface area contributed by atoms with Crippen LogP contribution in [0.25, 0.3) is 0 Å². The van der Waals surface area contributed by atoms with Crippen LogP contribution in [0.15, 0.2) is 30.3 Å². The van der Waals surface area contributed by atoms with E-state index in [-0.39, 0.29) is 6.61 Å². The van der Waals surface area contributed by atoms with Gasteiger partial charge in [0, 0.05) is 22.2 Å². The number of ether oxygens (including phenoxy) is 2. The molecule has 2 aromatic rings. The third kappa shape index (κ3) is 6.24. The molecule has 2 aromatic carbocycles. The number of rotatable bonds is 9. The number of halogens is 3. The lowest BCUT2D eigenvalue weighted by Gasteiger charge is -2.16. The number of nitrogens with one attached hydrogen (secondary N) is 1. The van der Waals surface area contributed by atoms with Crippen molar-refractivity contribution in [2.45, 2.75) is 33.9 Å². The minimum absolute atomic E-state index is 0.279. The van der Waals surface area contributed by atoms with Gasteiger partial charge < -0.3 is 14.8 Å². The smallest absolute Gasteiger partial charge is 0.180 e. The molecule has 26 heavy (non-hydrogen) atoms. The molecule has 0 fully saturated rings. The molecule has 0 aliphatic rings. The quantitative estimate of drug-likeness (QED) is 0.515. The topological polar surface area (TPSA) is 30.5 Å². The van der Waals surface area contributed by atoms with Crippen molar-refractivity contribution in [1.82, 2.24) is 5.32 Å². The van der Waals surface area contributed by atoms with Gasteiger partial charge in [-0.2, -0.15) is 0 Å². The summed E-state index contributed by atoms with van der Waals surface area (Å²) >= 11 is 18.6. The Morgan fingerprint density at radius 1 is 1.00 bits per heavy atom. The minimum Gasteiger partial charge on any atom is -0.490 e. The zero-order chi connectivity index (χ0) is 19.1. The van der Waals surface area contributed by atoms with Crippen molar-refractivity contribution in [1.29, 1.82) is 0 Å². The molecule has 0 atom stereocenters. The van der Waals surface area contributed by atoms with Crippen molar-refractivity contribution >= 4 is 34.8 Å².